The molecule has 0 unspecified atom stereocenters. The number of rotatable bonds is 4. The Labute approximate surface area is 141 Å². The van der Waals surface area contributed by atoms with Gasteiger partial charge in [0.2, 0.25) is 0 Å². The maximum atomic E-state index is 14.0. The summed E-state index contributed by atoms with van der Waals surface area (Å²) in [7, 11) is 0. The van der Waals surface area contributed by atoms with Crippen LogP contribution in [0.3, 0.4) is 0 Å². The highest BCUT2D eigenvalue weighted by Gasteiger charge is 2.59. The average Bonchev–Trinajstić information content (AvgIpc) is 2.57. The molecule has 134 valence electrons. The Hall–Kier alpha value is -1.06. The van der Waals surface area contributed by atoms with Gasteiger partial charge in [0.15, 0.2) is 0 Å². The van der Waals surface area contributed by atoms with Crippen LogP contribution in [0, 0.1) is 5.92 Å². The molecule has 0 heterocycles. The van der Waals surface area contributed by atoms with E-state index >= 15 is 0 Å². The molecule has 0 spiro atoms. The topological polar surface area (TPSA) is 0 Å². The summed E-state index contributed by atoms with van der Waals surface area (Å²) in [5.41, 5.74) is 0.999. The fourth-order valence-corrected chi connectivity index (χ4v) is 4.30. The van der Waals surface area contributed by atoms with E-state index in [1.807, 2.05) is 0 Å². The highest BCUT2D eigenvalue weighted by Crippen LogP contribution is 2.51. The Balaban J connectivity index is 1.72. The third kappa shape index (κ3) is 3.21. The first-order valence-electron chi connectivity index (χ1n) is 9.24. The molecule has 1 aromatic carbocycles. The highest BCUT2D eigenvalue weighted by molar-refractivity contribution is 5.40. The molecule has 0 aliphatic heterocycles. The summed E-state index contributed by atoms with van der Waals surface area (Å²) in [5, 5.41) is 0. The molecule has 2 aliphatic rings. The number of halogens is 4. The predicted molar refractivity (Wildman–Crippen MR) is 87.8 cm³/mol. The normalized spacial score (nSPS) is 28.4. The summed E-state index contributed by atoms with van der Waals surface area (Å²) in [6.45, 7) is 2.21. The Morgan fingerprint density at radius 2 is 1.75 bits per heavy atom. The lowest BCUT2D eigenvalue weighted by atomic mass is 9.75. The van der Waals surface area contributed by atoms with Gasteiger partial charge in [-0.15, -0.1) is 0 Å². The maximum absolute atomic E-state index is 14.0. The van der Waals surface area contributed by atoms with Gasteiger partial charge in [-0.25, -0.2) is 0 Å². The summed E-state index contributed by atoms with van der Waals surface area (Å²) in [5.74, 6) is -6.79. The second-order valence-corrected chi connectivity index (χ2v) is 7.56. The van der Waals surface area contributed by atoms with Crippen LogP contribution in [0.15, 0.2) is 18.2 Å². The smallest absolute Gasteiger partial charge is 0.199 e. The number of alkyl halides is 4. The molecule has 1 aromatic rings. The monoisotopic (exact) mass is 342 g/mol. The van der Waals surface area contributed by atoms with E-state index < -0.39 is 23.8 Å². The number of aryl methyl sites for hydroxylation is 1. The molecule has 3 rings (SSSR count). The van der Waals surface area contributed by atoms with E-state index in [9.17, 15) is 17.6 Å². The molecule has 0 aromatic heterocycles. The zero-order chi connectivity index (χ0) is 17.4. The van der Waals surface area contributed by atoms with Gasteiger partial charge in [-0.2, -0.15) is 17.6 Å². The van der Waals surface area contributed by atoms with Crippen molar-refractivity contribution in [2.24, 2.45) is 5.92 Å². The first-order chi connectivity index (χ1) is 11.3. The van der Waals surface area contributed by atoms with Gasteiger partial charge >= 0.3 is 11.8 Å². The van der Waals surface area contributed by atoms with Crippen molar-refractivity contribution in [1.29, 1.82) is 0 Å². The lowest BCUT2D eigenvalue weighted by Crippen LogP contribution is -2.42. The van der Waals surface area contributed by atoms with E-state index in [0.29, 0.717) is 11.5 Å². The van der Waals surface area contributed by atoms with Crippen LogP contribution in [0.4, 0.5) is 17.6 Å². The van der Waals surface area contributed by atoms with Crippen molar-refractivity contribution in [3.63, 3.8) is 0 Å². The van der Waals surface area contributed by atoms with Crippen LogP contribution in [0.25, 0.3) is 0 Å². The Bertz CT molecular complexity index is 571. The van der Waals surface area contributed by atoms with E-state index in [4.69, 9.17) is 0 Å². The van der Waals surface area contributed by atoms with Gasteiger partial charge < -0.3 is 0 Å². The fourth-order valence-electron chi connectivity index (χ4n) is 4.30. The van der Waals surface area contributed by atoms with Gasteiger partial charge in [0.05, 0.1) is 0 Å². The SMILES string of the molecule is CCCCC1CCC(c2ccc3c(c2)CCC(F)(F)C3(F)F)CC1. The van der Waals surface area contributed by atoms with Gasteiger partial charge in [-0.05, 0) is 55.1 Å². The van der Waals surface area contributed by atoms with Crippen molar-refractivity contribution in [2.45, 2.75) is 82.5 Å². The summed E-state index contributed by atoms with van der Waals surface area (Å²) in [6, 6.07) is 4.68. The second kappa shape index (κ2) is 6.68. The van der Waals surface area contributed by atoms with Gasteiger partial charge in [0.25, 0.3) is 0 Å². The second-order valence-electron chi connectivity index (χ2n) is 7.56. The predicted octanol–water partition coefficient (Wildman–Crippen LogP) is 6.82. The van der Waals surface area contributed by atoms with Crippen molar-refractivity contribution in [3.8, 4) is 0 Å². The minimum Gasteiger partial charge on any atom is -0.199 e. The molecule has 1 fully saturated rings. The van der Waals surface area contributed by atoms with Crippen molar-refractivity contribution in [3.05, 3.63) is 34.9 Å². The molecule has 24 heavy (non-hydrogen) atoms. The van der Waals surface area contributed by atoms with Crippen LogP contribution in [0.2, 0.25) is 0 Å². The average molecular weight is 342 g/mol. The molecule has 0 saturated heterocycles. The van der Waals surface area contributed by atoms with E-state index in [1.165, 1.54) is 38.2 Å². The first-order valence-corrected chi connectivity index (χ1v) is 9.24. The van der Waals surface area contributed by atoms with Crippen LogP contribution in [0.5, 0.6) is 0 Å². The molecule has 0 bridgehead atoms. The van der Waals surface area contributed by atoms with Crippen molar-refractivity contribution in [1.82, 2.24) is 0 Å². The molecule has 0 nitrogen and oxygen atoms in total. The molecule has 0 N–H and O–H groups in total. The molecule has 0 atom stereocenters. The standard InChI is InChI=1S/C20H26F4/c1-2-3-4-14-5-7-15(8-6-14)16-9-10-18-17(13-16)11-12-19(21,22)20(18,23)24/h9-10,13-15H,2-8,11-12H2,1H3. The van der Waals surface area contributed by atoms with Gasteiger partial charge in [0.1, 0.15) is 0 Å². The van der Waals surface area contributed by atoms with Gasteiger partial charge in [-0.1, -0.05) is 44.4 Å². The van der Waals surface area contributed by atoms with Crippen molar-refractivity contribution >= 4 is 0 Å². The highest BCUT2D eigenvalue weighted by atomic mass is 19.3. The molecular weight excluding hydrogens is 316 g/mol. The largest absolute Gasteiger partial charge is 0.335 e. The van der Waals surface area contributed by atoms with Gasteiger partial charge in [0, 0.05) is 12.0 Å². The zero-order valence-electron chi connectivity index (χ0n) is 14.3. The summed E-state index contributed by atoms with van der Waals surface area (Å²) >= 11 is 0. The van der Waals surface area contributed by atoms with E-state index in [-0.39, 0.29) is 6.42 Å². The minimum absolute atomic E-state index is 0.0393. The first kappa shape index (κ1) is 17.8. The molecular formula is C20H26F4. The number of fused-ring (bicyclic) bond motifs is 1. The summed E-state index contributed by atoms with van der Waals surface area (Å²) in [4.78, 5) is 0. The zero-order valence-corrected chi connectivity index (χ0v) is 14.3. The lowest BCUT2D eigenvalue weighted by Gasteiger charge is -2.34. The third-order valence-corrected chi connectivity index (χ3v) is 5.92. The van der Waals surface area contributed by atoms with Crippen LogP contribution >= 0.6 is 0 Å². The molecule has 0 amide bonds. The van der Waals surface area contributed by atoms with Crippen LogP contribution < -0.4 is 0 Å². The maximum Gasteiger partial charge on any atom is 0.335 e. The third-order valence-electron chi connectivity index (χ3n) is 5.92. The van der Waals surface area contributed by atoms with Crippen LogP contribution in [0.1, 0.15) is 80.9 Å². The van der Waals surface area contributed by atoms with E-state index in [1.54, 1.807) is 12.1 Å². The molecule has 1 saturated carbocycles. The quantitative estimate of drug-likeness (QED) is 0.526. The molecule has 2 aliphatic carbocycles. The van der Waals surface area contributed by atoms with Crippen LogP contribution in [-0.4, -0.2) is 5.92 Å². The van der Waals surface area contributed by atoms with Crippen molar-refractivity contribution < 1.29 is 17.6 Å². The molecule has 0 radical (unpaired) electrons. The lowest BCUT2D eigenvalue weighted by molar-refractivity contribution is -0.224. The van der Waals surface area contributed by atoms with E-state index in [0.717, 1.165) is 24.3 Å². The number of unbranched alkanes of at least 4 members (excludes halogenated alkanes) is 1. The van der Waals surface area contributed by atoms with Crippen LogP contribution in [-0.2, 0) is 12.3 Å². The van der Waals surface area contributed by atoms with Crippen molar-refractivity contribution in [2.75, 3.05) is 0 Å². The fraction of sp³-hybridized carbons (Fsp3) is 0.700. The number of hydrogen-bond donors (Lipinski definition) is 0. The molecule has 4 heteroatoms. The summed E-state index contributed by atoms with van der Waals surface area (Å²) in [6.07, 6.45) is 7.61. The van der Waals surface area contributed by atoms with E-state index in [2.05, 4.69) is 6.92 Å². The number of benzene rings is 1. The summed E-state index contributed by atoms with van der Waals surface area (Å²) < 4.78 is 55.0. The minimum atomic E-state index is -4.04. The Morgan fingerprint density at radius 3 is 2.42 bits per heavy atom. The Kier molecular flexibility index (Phi) is 4.94. The Morgan fingerprint density at radius 1 is 1.04 bits per heavy atom. The number of hydrogen-bond acceptors (Lipinski definition) is 0. The van der Waals surface area contributed by atoms with Gasteiger partial charge in [-0.3, -0.25) is 0 Å².